The highest BCUT2D eigenvalue weighted by Crippen LogP contribution is 2.32. The lowest BCUT2D eigenvalue weighted by molar-refractivity contribution is 0.975. The third kappa shape index (κ3) is 5.03. The molecular weight excluding hydrogens is 378 g/mol. The predicted octanol–water partition coefficient (Wildman–Crippen LogP) is 6.70. The Bertz CT molecular complexity index is 862. The highest BCUT2D eigenvalue weighted by atomic mass is 32.2. The van der Waals surface area contributed by atoms with Gasteiger partial charge in [0, 0.05) is 40.1 Å². The van der Waals surface area contributed by atoms with Gasteiger partial charge in [0.1, 0.15) is 0 Å². The first kappa shape index (κ1) is 19.2. The molecule has 3 aromatic rings. The van der Waals surface area contributed by atoms with E-state index in [1.54, 1.807) is 11.1 Å². The molecule has 0 bridgehead atoms. The summed E-state index contributed by atoms with van der Waals surface area (Å²) in [6.45, 7) is 4.22. The summed E-state index contributed by atoms with van der Waals surface area (Å²) in [5, 5.41) is 0. The molecule has 1 aliphatic rings. The maximum atomic E-state index is 2.52. The van der Waals surface area contributed by atoms with Gasteiger partial charge in [0.05, 0.1) is 0 Å². The third-order valence-corrected chi connectivity index (χ3v) is 7.17. The lowest BCUT2D eigenvalue weighted by Gasteiger charge is -2.19. The van der Waals surface area contributed by atoms with E-state index in [1.807, 2.05) is 23.5 Å². The van der Waals surface area contributed by atoms with E-state index in [-0.39, 0.29) is 0 Å². The number of hydrogen-bond acceptors (Lipinski definition) is 3. The Kier molecular flexibility index (Phi) is 6.45. The zero-order chi connectivity index (χ0) is 19.2. The molecule has 0 radical (unpaired) electrons. The van der Waals surface area contributed by atoms with Crippen LogP contribution < -0.4 is 4.90 Å². The zero-order valence-corrected chi connectivity index (χ0v) is 17.8. The summed E-state index contributed by atoms with van der Waals surface area (Å²) >= 11 is 3.90. The van der Waals surface area contributed by atoms with E-state index in [4.69, 9.17) is 0 Å². The second-order valence-corrected chi connectivity index (χ2v) is 9.20. The average molecular weight is 404 g/mol. The van der Waals surface area contributed by atoms with Crippen molar-refractivity contribution in [2.24, 2.45) is 0 Å². The van der Waals surface area contributed by atoms with Crippen molar-refractivity contribution in [1.29, 1.82) is 0 Å². The molecule has 0 fully saturated rings. The van der Waals surface area contributed by atoms with Gasteiger partial charge in [-0.3, -0.25) is 0 Å². The molecule has 1 heterocycles. The first-order chi connectivity index (χ1) is 13.8. The van der Waals surface area contributed by atoms with Gasteiger partial charge in [-0.1, -0.05) is 54.1 Å². The highest BCUT2D eigenvalue weighted by Gasteiger charge is 2.22. The van der Waals surface area contributed by atoms with Crippen molar-refractivity contribution < 1.29 is 0 Å². The molecule has 0 N–H and O–H groups in total. The van der Waals surface area contributed by atoms with Crippen LogP contribution in [0.15, 0.2) is 106 Å². The Balaban J connectivity index is 1.48. The molecule has 0 unspecified atom stereocenters. The van der Waals surface area contributed by atoms with Crippen LogP contribution in [0.25, 0.3) is 0 Å². The van der Waals surface area contributed by atoms with Crippen molar-refractivity contribution in [3.05, 3.63) is 102 Å². The van der Waals surface area contributed by atoms with Crippen LogP contribution in [-0.2, 0) is 0 Å². The summed E-state index contributed by atoms with van der Waals surface area (Å²) in [6, 6.07) is 30.4. The molecule has 0 aliphatic carbocycles. The van der Waals surface area contributed by atoms with E-state index in [1.165, 1.54) is 21.0 Å². The normalized spacial score (nSPS) is 14.0. The zero-order valence-electron chi connectivity index (χ0n) is 16.2. The molecule has 1 nitrogen and oxygen atoms in total. The van der Waals surface area contributed by atoms with Crippen molar-refractivity contribution in [2.45, 2.75) is 16.7 Å². The number of anilines is 1. The Morgan fingerprint density at radius 3 is 1.57 bits per heavy atom. The van der Waals surface area contributed by atoms with Crippen LogP contribution in [-0.4, -0.2) is 24.6 Å². The summed E-state index contributed by atoms with van der Waals surface area (Å²) in [4.78, 5) is 5.21. The van der Waals surface area contributed by atoms with Gasteiger partial charge in [0.2, 0.25) is 0 Å². The summed E-state index contributed by atoms with van der Waals surface area (Å²) in [7, 11) is 0. The van der Waals surface area contributed by atoms with E-state index >= 15 is 0 Å². The Morgan fingerprint density at radius 1 is 0.643 bits per heavy atom. The topological polar surface area (TPSA) is 3.24 Å². The molecule has 0 atom stereocenters. The molecule has 0 saturated carbocycles. The highest BCUT2D eigenvalue weighted by molar-refractivity contribution is 7.99. The molecule has 3 aromatic carbocycles. The van der Waals surface area contributed by atoms with Gasteiger partial charge in [-0.25, -0.2) is 0 Å². The van der Waals surface area contributed by atoms with Crippen LogP contribution in [0.3, 0.4) is 0 Å². The number of thioether (sulfide) groups is 2. The summed E-state index contributed by atoms with van der Waals surface area (Å²) in [5.41, 5.74) is 5.80. The maximum Gasteiger partial charge on any atom is 0.0404 e. The van der Waals surface area contributed by atoms with E-state index in [0.29, 0.717) is 0 Å². The first-order valence-corrected chi connectivity index (χ1v) is 11.6. The van der Waals surface area contributed by atoms with Crippen molar-refractivity contribution in [3.8, 4) is 0 Å². The quantitative estimate of drug-likeness (QED) is 0.319. The summed E-state index contributed by atoms with van der Waals surface area (Å²) in [6.07, 6.45) is 0. The van der Waals surface area contributed by atoms with Crippen LogP contribution in [0.5, 0.6) is 0 Å². The van der Waals surface area contributed by atoms with Gasteiger partial charge < -0.3 is 4.90 Å². The fourth-order valence-electron chi connectivity index (χ4n) is 3.35. The monoisotopic (exact) mass is 403 g/mol. The molecule has 1 aliphatic heterocycles. The largest absolute Gasteiger partial charge is 0.363 e. The van der Waals surface area contributed by atoms with Crippen LogP contribution >= 0.6 is 23.5 Å². The number of rotatable bonds is 7. The minimum atomic E-state index is 1.04. The van der Waals surface area contributed by atoms with Crippen LogP contribution in [0, 0.1) is 6.92 Å². The third-order valence-electron chi connectivity index (χ3n) is 4.98. The molecule has 0 amide bonds. The van der Waals surface area contributed by atoms with E-state index in [2.05, 4.69) is 96.8 Å². The molecule has 0 saturated heterocycles. The van der Waals surface area contributed by atoms with Crippen LogP contribution in [0.2, 0.25) is 0 Å². The average Bonchev–Trinajstić information content (AvgIpc) is 3.16. The second-order valence-electron chi connectivity index (χ2n) is 7.10. The fraction of sp³-hybridized carbons (Fsp3) is 0.200. The van der Waals surface area contributed by atoms with Crippen molar-refractivity contribution in [2.75, 3.05) is 29.5 Å². The molecule has 4 rings (SSSR count). The number of benzene rings is 3. The van der Waals surface area contributed by atoms with Crippen LogP contribution in [0.1, 0.15) is 5.56 Å². The standard InChI is InChI=1S/C25H25NS2/c1-20-12-14-23(15-13-20)26-16-21(18-27-24-8-4-2-5-9-24)22(17-26)19-28-25-10-6-3-7-11-25/h2-15H,16-19H2,1H3. The number of aryl methyl sites for hydroxylation is 1. The van der Waals surface area contributed by atoms with Crippen molar-refractivity contribution >= 4 is 29.2 Å². The van der Waals surface area contributed by atoms with Gasteiger partial charge in [-0.15, -0.1) is 23.5 Å². The van der Waals surface area contributed by atoms with Gasteiger partial charge in [-0.05, 0) is 54.5 Å². The molecule has 0 spiro atoms. The molecule has 142 valence electrons. The van der Waals surface area contributed by atoms with Crippen molar-refractivity contribution in [1.82, 2.24) is 0 Å². The predicted molar refractivity (Wildman–Crippen MR) is 125 cm³/mol. The Labute approximate surface area is 176 Å². The van der Waals surface area contributed by atoms with E-state index < -0.39 is 0 Å². The Morgan fingerprint density at radius 2 is 1.11 bits per heavy atom. The maximum absolute atomic E-state index is 2.52. The van der Waals surface area contributed by atoms with E-state index in [0.717, 1.165) is 24.6 Å². The second kappa shape index (κ2) is 9.40. The van der Waals surface area contributed by atoms with Crippen molar-refractivity contribution in [3.63, 3.8) is 0 Å². The Hall–Kier alpha value is -2.10. The minimum Gasteiger partial charge on any atom is -0.363 e. The molecule has 0 aromatic heterocycles. The lowest BCUT2D eigenvalue weighted by atomic mass is 10.2. The first-order valence-electron chi connectivity index (χ1n) is 9.65. The van der Waals surface area contributed by atoms with Gasteiger partial charge in [0.25, 0.3) is 0 Å². The number of hydrogen-bond donors (Lipinski definition) is 0. The fourth-order valence-corrected chi connectivity index (χ4v) is 5.32. The minimum absolute atomic E-state index is 1.04. The summed E-state index contributed by atoms with van der Waals surface area (Å²) < 4.78 is 0. The SMILES string of the molecule is Cc1ccc(N2CC(CSc3ccccc3)=C(CSc3ccccc3)C2)cc1. The lowest BCUT2D eigenvalue weighted by Crippen LogP contribution is -2.20. The smallest absolute Gasteiger partial charge is 0.0404 e. The molecule has 3 heteroatoms. The number of nitrogens with zero attached hydrogens (tertiary/aromatic N) is 1. The van der Waals surface area contributed by atoms with E-state index in [9.17, 15) is 0 Å². The van der Waals surface area contributed by atoms with Crippen LogP contribution in [0.4, 0.5) is 5.69 Å². The molecule has 28 heavy (non-hydrogen) atoms. The van der Waals surface area contributed by atoms with Gasteiger partial charge in [-0.2, -0.15) is 0 Å². The van der Waals surface area contributed by atoms with Gasteiger partial charge >= 0.3 is 0 Å². The summed E-state index contributed by atoms with van der Waals surface area (Å²) in [5.74, 6) is 2.13. The molecular formula is C25H25NS2. The van der Waals surface area contributed by atoms with Gasteiger partial charge in [0.15, 0.2) is 0 Å².